The van der Waals surface area contributed by atoms with Gasteiger partial charge in [-0.15, -0.1) is 0 Å². The van der Waals surface area contributed by atoms with Crippen LogP contribution in [-0.2, 0) is 9.53 Å². The molecule has 2 atom stereocenters. The highest BCUT2D eigenvalue weighted by Gasteiger charge is 2.32. The van der Waals surface area contributed by atoms with Gasteiger partial charge in [0.15, 0.2) is 5.78 Å². The lowest BCUT2D eigenvalue weighted by molar-refractivity contribution is -0.144. The van der Waals surface area contributed by atoms with E-state index in [1.54, 1.807) is 0 Å². The molecule has 0 bridgehead atoms. The first-order chi connectivity index (χ1) is 10.9. The largest absolute Gasteiger partial charge is 0.507 e. The third-order valence-corrected chi connectivity index (χ3v) is 4.03. The first-order valence-corrected chi connectivity index (χ1v) is 7.37. The summed E-state index contributed by atoms with van der Waals surface area (Å²) >= 11 is 0. The summed E-state index contributed by atoms with van der Waals surface area (Å²) in [5.74, 6) is -1.73. The van der Waals surface area contributed by atoms with Gasteiger partial charge in [0.25, 0.3) is 0 Å². The van der Waals surface area contributed by atoms with Crippen molar-refractivity contribution in [3.05, 3.63) is 41.1 Å². The minimum absolute atomic E-state index is 0.0128. The van der Waals surface area contributed by atoms with Gasteiger partial charge in [0.1, 0.15) is 11.8 Å². The zero-order valence-electron chi connectivity index (χ0n) is 13.3. The Hall–Kier alpha value is -2.63. The van der Waals surface area contributed by atoms with Crippen LogP contribution >= 0.6 is 0 Å². The van der Waals surface area contributed by atoms with Crippen molar-refractivity contribution in [2.24, 2.45) is 5.92 Å². The quantitative estimate of drug-likeness (QED) is 0.805. The number of esters is 1. The highest BCUT2D eigenvalue weighted by atomic mass is 16.5. The number of carbonyl (C=O) groups is 3. The summed E-state index contributed by atoms with van der Waals surface area (Å²) in [7, 11) is 1.27. The van der Waals surface area contributed by atoms with E-state index >= 15 is 0 Å². The third kappa shape index (κ3) is 3.11. The van der Waals surface area contributed by atoms with E-state index in [1.807, 2.05) is 13.8 Å². The number of phenolic OH excluding ortho intramolecular Hbond substituents is 1. The number of benzene rings is 1. The van der Waals surface area contributed by atoms with Gasteiger partial charge in [0.05, 0.1) is 18.4 Å². The predicted molar refractivity (Wildman–Crippen MR) is 83.2 cm³/mol. The Labute approximate surface area is 134 Å². The Morgan fingerprint density at radius 3 is 2.65 bits per heavy atom. The van der Waals surface area contributed by atoms with E-state index in [4.69, 9.17) is 4.74 Å². The van der Waals surface area contributed by atoms with Crippen molar-refractivity contribution < 1.29 is 24.2 Å². The molecule has 0 aromatic heterocycles. The van der Waals surface area contributed by atoms with Crippen molar-refractivity contribution in [2.45, 2.75) is 26.3 Å². The zero-order chi connectivity index (χ0) is 17.1. The van der Waals surface area contributed by atoms with Gasteiger partial charge in [0.2, 0.25) is 5.78 Å². The predicted octanol–water partition coefficient (Wildman–Crippen LogP) is 1.83. The van der Waals surface area contributed by atoms with Crippen LogP contribution in [0.1, 0.15) is 41.0 Å². The molecule has 1 aromatic carbocycles. The Balaban J connectivity index is 2.36. The Morgan fingerprint density at radius 2 is 2.04 bits per heavy atom. The molecule has 1 aliphatic rings. The number of ketones is 2. The molecule has 0 aliphatic heterocycles. The summed E-state index contributed by atoms with van der Waals surface area (Å²) in [6, 6.07) is 3.59. The molecule has 6 heteroatoms. The molecule has 0 heterocycles. The van der Waals surface area contributed by atoms with Crippen LogP contribution < -0.4 is 5.32 Å². The maximum Gasteiger partial charge on any atom is 0.328 e. The van der Waals surface area contributed by atoms with Gasteiger partial charge >= 0.3 is 5.97 Å². The molecule has 1 aliphatic carbocycles. The van der Waals surface area contributed by atoms with E-state index in [0.29, 0.717) is 6.42 Å². The molecular formula is C17H19NO5. The fraction of sp³-hybridized carbons (Fsp3) is 0.353. The molecule has 23 heavy (non-hydrogen) atoms. The number of fused-ring (bicyclic) bond motifs is 1. The molecule has 0 unspecified atom stereocenters. The van der Waals surface area contributed by atoms with Crippen molar-refractivity contribution in [3.63, 3.8) is 0 Å². The molecule has 122 valence electrons. The number of ether oxygens (including phenoxy) is 1. The van der Waals surface area contributed by atoms with E-state index in [2.05, 4.69) is 5.32 Å². The lowest BCUT2D eigenvalue weighted by Gasteiger charge is -2.25. The van der Waals surface area contributed by atoms with E-state index < -0.39 is 23.6 Å². The first-order valence-electron chi connectivity index (χ1n) is 7.37. The second-order valence-electron chi connectivity index (χ2n) is 5.48. The second kappa shape index (κ2) is 6.64. The van der Waals surface area contributed by atoms with Crippen molar-refractivity contribution in [1.29, 1.82) is 0 Å². The number of Topliss-reactive ketones (excluding diaryl/α,β-unsaturated/α-hetero) is 1. The monoisotopic (exact) mass is 317 g/mol. The summed E-state index contributed by atoms with van der Waals surface area (Å²) in [6.45, 7) is 3.77. The summed E-state index contributed by atoms with van der Waals surface area (Å²) < 4.78 is 4.76. The lowest BCUT2D eigenvalue weighted by atomic mass is 9.90. The van der Waals surface area contributed by atoms with Crippen LogP contribution in [0.5, 0.6) is 5.75 Å². The number of methoxy groups -OCH3 is 1. The summed E-state index contributed by atoms with van der Waals surface area (Å²) in [5.41, 5.74) is 0.137. The van der Waals surface area contributed by atoms with Gasteiger partial charge in [-0.05, 0) is 18.1 Å². The minimum atomic E-state index is -0.730. The third-order valence-electron chi connectivity index (χ3n) is 4.03. The molecule has 0 saturated heterocycles. The smallest absolute Gasteiger partial charge is 0.328 e. The molecule has 2 rings (SSSR count). The van der Waals surface area contributed by atoms with Gasteiger partial charge in [0, 0.05) is 11.6 Å². The fourth-order valence-electron chi connectivity index (χ4n) is 2.47. The molecule has 6 nitrogen and oxygen atoms in total. The Bertz CT molecular complexity index is 692. The first kappa shape index (κ1) is 16.7. The molecule has 2 N–H and O–H groups in total. The average Bonchev–Trinajstić information content (AvgIpc) is 2.55. The second-order valence-corrected chi connectivity index (χ2v) is 5.48. The number of carbonyl (C=O) groups excluding carboxylic acids is 3. The molecule has 0 saturated carbocycles. The van der Waals surface area contributed by atoms with Gasteiger partial charge in [-0.3, -0.25) is 9.59 Å². The number of phenols is 1. The number of aromatic hydroxyl groups is 1. The lowest BCUT2D eigenvalue weighted by Crippen LogP contribution is -2.44. The van der Waals surface area contributed by atoms with Gasteiger partial charge in [-0.1, -0.05) is 26.3 Å². The topological polar surface area (TPSA) is 92.7 Å². The summed E-state index contributed by atoms with van der Waals surface area (Å²) in [4.78, 5) is 36.6. The molecule has 0 amide bonds. The minimum Gasteiger partial charge on any atom is -0.507 e. The van der Waals surface area contributed by atoms with E-state index in [9.17, 15) is 19.5 Å². The Morgan fingerprint density at radius 1 is 1.35 bits per heavy atom. The highest BCUT2D eigenvalue weighted by molar-refractivity contribution is 6.25. The normalized spacial score (nSPS) is 16.2. The number of allylic oxidation sites excluding steroid dienone is 2. The molecular weight excluding hydrogens is 298 g/mol. The number of hydrogen-bond acceptors (Lipinski definition) is 6. The van der Waals surface area contributed by atoms with E-state index in [1.165, 1.54) is 25.3 Å². The van der Waals surface area contributed by atoms with E-state index in [0.717, 1.165) is 6.08 Å². The van der Waals surface area contributed by atoms with Crippen LogP contribution in [0.15, 0.2) is 30.0 Å². The van der Waals surface area contributed by atoms with Crippen LogP contribution in [-0.4, -0.2) is 35.8 Å². The maximum absolute atomic E-state index is 12.5. The van der Waals surface area contributed by atoms with Gasteiger partial charge in [-0.2, -0.15) is 0 Å². The molecule has 0 radical (unpaired) electrons. The fourth-order valence-corrected chi connectivity index (χ4v) is 2.47. The number of hydrogen-bond donors (Lipinski definition) is 2. The van der Waals surface area contributed by atoms with Gasteiger partial charge < -0.3 is 15.2 Å². The van der Waals surface area contributed by atoms with Crippen LogP contribution in [0.4, 0.5) is 0 Å². The Kier molecular flexibility index (Phi) is 4.83. The summed E-state index contributed by atoms with van der Waals surface area (Å²) in [6.07, 6.45) is 1.81. The SMILES string of the molecule is CC[C@H](C)[C@H](NC1=CC(=O)c2c(O)cccc2C1=O)C(=O)OC. The zero-order valence-corrected chi connectivity index (χ0v) is 13.3. The van der Waals surface area contributed by atoms with Crippen LogP contribution in [0.25, 0.3) is 0 Å². The van der Waals surface area contributed by atoms with Crippen molar-refractivity contribution in [2.75, 3.05) is 7.11 Å². The molecule has 0 fully saturated rings. The molecule has 0 spiro atoms. The van der Waals surface area contributed by atoms with Crippen LogP contribution in [0.3, 0.4) is 0 Å². The van der Waals surface area contributed by atoms with Crippen molar-refractivity contribution in [1.82, 2.24) is 5.32 Å². The average molecular weight is 317 g/mol. The molecule has 1 aromatic rings. The summed E-state index contributed by atoms with van der Waals surface area (Å²) in [5, 5.41) is 12.6. The van der Waals surface area contributed by atoms with Gasteiger partial charge in [-0.25, -0.2) is 4.79 Å². The number of rotatable bonds is 5. The number of nitrogens with one attached hydrogen (secondary N) is 1. The van der Waals surface area contributed by atoms with Crippen molar-refractivity contribution in [3.8, 4) is 5.75 Å². The van der Waals surface area contributed by atoms with Crippen LogP contribution in [0, 0.1) is 5.92 Å². The maximum atomic E-state index is 12.5. The van der Waals surface area contributed by atoms with E-state index in [-0.39, 0.29) is 28.5 Å². The van der Waals surface area contributed by atoms with Crippen LogP contribution in [0.2, 0.25) is 0 Å². The standard InChI is InChI=1S/C17H19NO5/c1-4-9(2)15(17(22)23-3)18-11-8-13(20)14-10(16(11)21)6-5-7-12(14)19/h5-9,15,18-19H,4H2,1-3H3/t9-,15-/m0/s1. The highest BCUT2D eigenvalue weighted by Crippen LogP contribution is 2.28. The van der Waals surface area contributed by atoms with Crippen molar-refractivity contribution >= 4 is 17.5 Å².